The van der Waals surface area contributed by atoms with Crippen LogP contribution in [0, 0.1) is 0 Å². The van der Waals surface area contributed by atoms with E-state index < -0.39 is 0 Å². The second kappa shape index (κ2) is 5.52. The molecule has 3 N–H and O–H groups in total. The molecular weight excluding hydrogens is 278 g/mol. The van der Waals surface area contributed by atoms with Gasteiger partial charge in [-0.3, -0.25) is 16.3 Å². The zero-order valence-electron chi connectivity index (χ0n) is 12.1. The highest BCUT2D eigenvalue weighted by Crippen LogP contribution is 2.43. The van der Waals surface area contributed by atoms with Crippen LogP contribution in [0.4, 0.5) is 0 Å². The number of nitrogens with one attached hydrogen (secondary N) is 1. The van der Waals surface area contributed by atoms with Crippen molar-refractivity contribution < 1.29 is 0 Å². The number of hydrogen-bond acceptors (Lipinski definition) is 4. The number of fused-ring (bicyclic) bond motifs is 2. The van der Waals surface area contributed by atoms with Crippen LogP contribution in [0.1, 0.15) is 57.8 Å². The number of aromatic nitrogens is 1. The SMILES string of the molecule is NNC(c1cc2c(s1)CCCC2)C1CCc2cccnc21. The van der Waals surface area contributed by atoms with E-state index in [0.717, 1.165) is 12.8 Å². The van der Waals surface area contributed by atoms with Crippen LogP contribution in [0.3, 0.4) is 0 Å². The van der Waals surface area contributed by atoms with Crippen LogP contribution in [0.15, 0.2) is 24.4 Å². The number of aryl methyl sites for hydroxylation is 3. The smallest absolute Gasteiger partial charge is 0.0637 e. The van der Waals surface area contributed by atoms with Gasteiger partial charge in [-0.1, -0.05) is 6.07 Å². The second-order valence-electron chi connectivity index (χ2n) is 6.14. The number of nitrogens with two attached hydrogens (primary N) is 1. The van der Waals surface area contributed by atoms with Crippen molar-refractivity contribution in [3.05, 3.63) is 51.0 Å². The van der Waals surface area contributed by atoms with E-state index in [1.165, 1.54) is 41.8 Å². The normalized spacial score (nSPS) is 21.9. The second-order valence-corrected chi connectivity index (χ2v) is 7.31. The van der Waals surface area contributed by atoms with E-state index in [1.807, 2.05) is 23.6 Å². The molecule has 2 aliphatic rings. The molecule has 0 aliphatic heterocycles. The summed E-state index contributed by atoms with van der Waals surface area (Å²) in [5.74, 6) is 6.34. The van der Waals surface area contributed by atoms with Gasteiger partial charge < -0.3 is 0 Å². The highest BCUT2D eigenvalue weighted by atomic mass is 32.1. The van der Waals surface area contributed by atoms with E-state index in [1.54, 1.807) is 10.4 Å². The van der Waals surface area contributed by atoms with Crippen LogP contribution in [0.2, 0.25) is 0 Å². The van der Waals surface area contributed by atoms with Crippen molar-refractivity contribution >= 4 is 11.3 Å². The van der Waals surface area contributed by atoms with Crippen LogP contribution >= 0.6 is 11.3 Å². The molecule has 0 bridgehead atoms. The maximum absolute atomic E-state index is 5.93. The Balaban J connectivity index is 1.68. The molecule has 2 aliphatic carbocycles. The van der Waals surface area contributed by atoms with E-state index >= 15 is 0 Å². The van der Waals surface area contributed by atoms with Crippen molar-refractivity contribution in [2.45, 2.75) is 50.5 Å². The molecule has 4 rings (SSSR count). The molecule has 2 aromatic heterocycles. The fourth-order valence-corrected chi connectivity index (χ4v) is 5.22. The van der Waals surface area contributed by atoms with Crippen LogP contribution in [-0.4, -0.2) is 4.98 Å². The minimum absolute atomic E-state index is 0.205. The molecular formula is C17H21N3S. The Morgan fingerprint density at radius 3 is 3.00 bits per heavy atom. The van der Waals surface area contributed by atoms with E-state index in [4.69, 9.17) is 5.84 Å². The van der Waals surface area contributed by atoms with Gasteiger partial charge in [0, 0.05) is 27.6 Å². The summed E-state index contributed by atoms with van der Waals surface area (Å²) in [5.41, 5.74) is 7.27. The first-order valence-corrected chi connectivity index (χ1v) is 8.70. The Bertz CT molecular complexity index is 626. The van der Waals surface area contributed by atoms with Gasteiger partial charge >= 0.3 is 0 Å². The lowest BCUT2D eigenvalue weighted by Gasteiger charge is -2.21. The van der Waals surface area contributed by atoms with Gasteiger partial charge in [0.2, 0.25) is 0 Å². The predicted octanol–water partition coefficient (Wildman–Crippen LogP) is 3.26. The van der Waals surface area contributed by atoms with Gasteiger partial charge in [0.05, 0.1) is 6.04 Å². The third kappa shape index (κ3) is 2.31. The Kier molecular flexibility index (Phi) is 3.53. The van der Waals surface area contributed by atoms with Gasteiger partial charge in [-0.25, -0.2) is 0 Å². The summed E-state index contributed by atoms with van der Waals surface area (Å²) < 4.78 is 0. The number of hydrogen-bond donors (Lipinski definition) is 2. The maximum Gasteiger partial charge on any atom is 0.0637 e. The summed E-state index contributed by atoms with van der Waals surface area (Å²) in [6.45, 7) is 0. The lowest BCUT2D eigenvalue weighted by Crippen LogP contribution is -2.31. The van der Waals surface area contributed by atoms with Crippen molar-refractivity contribution in [2.24, 2.45) is 5.84 Å². The van der Waals surface area contributed by atoms with Crippen LogP contribution in [0.25, 0.3) is 0 Å². The largest absolute Gasteiger partial charge is 0.271 e. The van der Waals surface area contributed by atoms with Crippen molar-refractivity contribution in [2.75, 3.05) is 0 Å². The maximum atomic E-state index is 5.93. The van der Waals surface area contributed by atoms with Crippen molar-refractivity contribution in [3.63, 3.8) is 0 Å². The first kappa shape index (κ1) is 13.4. The molecule has 0 radical (unpaired) electrons. The molecule has 21 heavy (non-hydrogen) atoms. The van der Waals surface area contributed by atoms with Crippen molar-refractivity contribution in [1.29, 1.82) is 0 Å². The lowest BCUT2D eigenvalue weighted by atomic mass is 9.94. The Morgan fingerprint density at radius 1 is 1.24 bits per heavy atom. The number of hydrazine groups is 1. The minimum atomic E-state index is 0.205. The van der Waals surface area contributed by atoms with Crippen molar-refractivity contribution in [1.82, 2.24) is 10.4 Å². The first-order chi connectivity index (χ1) is 10.4. The summed E-state index contributed by atoms with van der Waals surface area (Å²) in [6.07, 6.45) is 9.32. The molecule has 110 valence electrons. The number of thiophene rings is 1. The van der Waals surface area contributed by atoms with Gasteiger partial charge in [0.15, 0.2) is 0 Å². The summed E-state index contributed by atoms with van der Waals surface area (Å²) in [7, 11) is 0. The number of rotatable bonds is 3. The Hall–Kier alpha value is -1.23. The van der Waals surface area contributed by atoms with Gasteiger partial charge in [-0.05, 0) is 61.8 Å². The molecule has 0 spiro atoms. The highest BCUT2D eigenvalue weighted by molar-refractivity contribution is 7.12. The average molecular weight is 299 g/mol. The molecule has 2 atom stereocenters. The topological polar surface area (TPSA) is 50.9 Å². The van der Waals surface area contributed by atoms with Gasteiger partial charge in [-0.2, -0.15) is 0 Å². The zero-order valence-corrected chi connectivity index (χ0v) is 13.0. The van der Waals surface area contributed by atoms with Crippen LogP contribution in [-0.2, 0) is 19.3 Å². The number of pyridine rings is 1. The Morgan fingerprint density at radius 2 is 2.14 bits per heavy atom. The van der Waals surface area contributed by atoms with Gasteiger partial charge in [0.25, 0.3) is 0 Å². The van der Waals surface area contributed by atoms with Gasteiger partial charge in [0.1, 0.15) is 0 Å². The molecule has 0 saturated carbocycles. The summed E-state index contributed by atoms with van der Waals surface area (Å²) in [4.78, 5) is 7.60. The molecule has 4 heteroatoms. The monoisotopic (exact) mass is 299 g/mol. The Labute approximate surface area is 129 Å². The molecule has 2 heterocycles. The summed E-state index contributed by atoms with van der Waals surface area (Å²) in [5, 5.41) is 0. The lowest BCUT2D eigenvalue weighted by molar-refractivity contribution is 0.453. The number of nitrogens with zero attached hydrogens (tertiary/aromatic N) is 1. The molecule has 2 aromatic rings. The summed E-state index contributed by atoms with van der Waals surface area (Å²) >= 11 is 1.96. The molecule has 0 fully saturated rings. The van der Waals surface area contributed by atoms with E-state index in [-0.39, 0.29) is 6.04 Å². The van der Waals surface area contributed by atoms with E-state index in [9.17, 15) is 0 Å². The average Bonchev–Trinajstić information content (AvgIpc) is 3.13. The highest BCUT2D eigenvalue weighted by Gasteiger charge is 2.32. The van der Waals surface area contributed by atoms with Crippen molar-refractivity contribution in [3.8, 4) is 0 Å². The third-order valence-electron chi connectivity index (χ3n) is 4.91. The fraction of sp³-hybridized carbons (Fsp3) is 0.471. The summed E-state index contributed by atoms with van der Waals surface area (Å²) in [6, 6.07) is 6.84. The predicted molar refractivity (Wildman–Crippen MR) is 86.3 cm³/mol. The quantitative estimate of drug-likeness (QED) is 0.675. The van der Waals surface area contributed by atoms with Crippen LogP contribution < -0.4 is 11.3 Å². The van der Waals surface area contributed by atoms with E-state index in [0.29, 0.717) is 5.92 Å². The van der Waals surface area contributed by atoms with Gasteiger partial charge in [-0.15, -0.1) is 11.3 Å². The first-order valence-electron chi connectivity index (χ1n) is 7.88. The standard InChI is InChI=1S/C17H21N3S/c18-20-17(13-8-7-11-5-3-9-19-16(11)13)15-10-12-4-1-2-6-14(12)21-15/h3,5,9-10,13,17,20H,1-2,4,6-8,18H2. The zero-order chi connectivity index (χ0) is 14.2. The van der Waals surface area contributed by atoms with Crippen LogP contribution in [0.5, 0.6) is 0 Å². The molecule has 0 aromatic carbocycles. The fourth-order valence-electron chi connectivity index (χ4n) is 3.83. The minimum Gasteiger partial charge on any atom is -0.271 e. The molecule has 0 amide bonds. The molecule has 3 nitrogen and oxygen atoms in total. The third-order valence-corrected chi connectivity index (χ3v) is 6.23. The molecule has 2 unspecified atom stereocenters. The van der Waals surface area contributed by atoms with E-state index in [2.05, 4.69) is 22.5 Å². The molecule has 0 saturated heterocycles.